The van der Waals surface area contributed by atoms with Gasteiger partial charge in [0.25, 0.3) is 0 Å². The monoisotopic (exact) mass is 256 g/mol. The summed E-state index contributed by atoms with van der Waals surface area (Å²) in [5.41, 5.74) is 0.726. The first-order chi connectivity index (χ1) is 6.42. The Hall–Kier alpha value is -0.700. The van der Waals surface area contributed by atoms with Crippen LogP contribution < -0.4 is 0 Å². The second-order valence-electron chi connectivity index (χ2n) is 4.29. The van der Waals surface area contributed by atoms with Crippen LogP contribution in [0.15, 0.2) is 16.6 Å². The van der Waals surface area contributed by atoms with Crippen LogP contribution in [0.1, 0.15) is 36.2 Å². The van der Waals surface area contributed by atoms with Crippen LogP contribution in [0.2, 0.25) is 0 Å². The van der Waals surface area contributed by atoms with Crippen LogP contribution in [0.4, 0.5) is 4.39 Å². The molecule has 0 unspecified atom stereocenters. The standard InChI is InChI=1S/C11H10BrFO/c1-11(2)5-9(14)7-3-6(12)4-8(13)10(7)11/h3-4H,5H2,1-2H3. The van der Waals surface area contributed by atoms with Crippen LogP contribution in [0.25, 0.3) is 0 Å². The van der Waals surface area contributed by atoms with E-state index in [1.165, 1.54) is 6.07 Å². The highest BCUT2D eigenvalue weighted by Gasteiger charge is 2.38. The highest BCUT2D eigenvalue weighted by Crippen LogP contribution is 2.40. The number of fused-ring (bicyclic) bond motifs is 1. The number of benzene rings is 1. The zero-order chi connectivity index (χ0) is 10.5. The SMILES string of the molecule is CC1(C)CC(=O)c2cc(Br)cc(F)c21. The average Bonchev–Trinajstić information content (AvgIpc) is 2.21. The molecule has 1 aromatic carbocycles. The van der Waals surface area contributed by atoms with E-state index in [9.17, 15) is 9.18 Å². The Morgan fingerprint density at radius 1 is 1.43 bits per heavy atom. The van der Waals surface area contributed by atoms with Crippen molar-refractivity contribution in [1.82, 2.24) is 0 Å². The van der Waals surface area contributed by atoms with Crippen molar-refractivity contribution in [2.45, 2.75) is 25.7 Å². The van der Waals surface area contributed by atoms with Crippen LogP contribution in [-0.2, 0) is 5.41 Å². The molecular formula is C11H10BrFO. The number of halogens is 2. The van der Waals surface area contributed by atoms with E-state index in [0.717, 1.165) is 0 Å². The number of carbonyl (C=O) groups is 1. The first-order valence-electron chi connectivity index (χ1n) is 4.44. The molecule has 1 nitrogen and oxygen atoms in total. The van der Waals surface area contributed by atoms with Crippen molar-refractivity contribution in [2.24, 2.45) is 0 Å². The van der Waals surface area contributed by atoms with Gasteiger partial charge in [0, 0.05) is 27.4 Å². The van der Waals surface area contributed by atoms with E-state index in [1.807, 2.05) is 13.8 Å². The third-order valence-corrected chi connectivity index (χ3v) is 3.09. The van der Waals surface area contributed by atoms with Crippen LogP contribution in [0, 0.1) is 5.82 Å². The molecule has 0 atom stereocenters. The largest absolute Gasteiger partial charge is 0.294 e. The van der Waals surface area contributed by atoms with Gasteiger partial charge in [-0.1, -0.05) is 29.8 Å². The quantitative estimate of drug-likeness (QED) is 0.695. The smallest absolute Gasteiger partial charge is 0.164 e. The summed E-state index contributed by atoms with van der Waals surface area (Å²) < 4.78 is 14.3. The van der Waals surface area contributed by atoms with Gasteiger partial charge < -0.3 is 0 Å². The summed E-state index contributed by atoms with van der Waals surface area (Å²) in [5, 5.41) is 0. The fourth-order valence-corrected chi connectivity index (χ4v) is 2.50. The second-order valence-corrected chi connectivity index (χ2v) is 5.21. The lowest BCUT2D eigenvalue weighted by molar-refractivity contribution is 0.0979. The Morgan fingerprint density at radius 2 is 2.07 bits per heavy atom. The predicted octanol–water partition coefficient (Wildman–Crippen LogP) is 3.45. The average molecular weight is 257 g/mol. The Labute approximate surface area is 90.4 Å². The Balaban J connectivity index is 2.75. The molecule has 0 saturated heterocycles. The highest BCUT2D eigenvalue weighted by molar-refractivity contribution is 9.10. The fourth-order valence-electron chi connectivity index (χ4n) is 2.07. The van der Waals surface area contributed by atoms with Crippen LogP contribution in [0.3, 0.4) is 0 Å². The molecule has 2 rings (SSSR count). The number of rotatable bonds is 0. The van der Waals surface area contributed by atoms with E-state index in [-0.39, 0.29) is 17.0 Å². The summed E-state index contributed by atoms with van der Waals surface area (Å²) in [4.78, 5) is 11.6. The van der Waals surface area contributed by atoms with Gasteiger partial charge in [0.15, 0.2) is 5.78 Å². The van der Waals surface area contributed by atoms with E-state index >= 15 is 0 Å². The molecule has 0 amide bonds. The van der Waals surface area contributed by atoms with Gasteiger partial charge in [-0.2, -0.15) is 0 Å². The van der Waals surface area contributed by atoms with Gasteiger partial charge in [-0.05, 0) is 12.1 Å². The normalized spacial score (nSPS) is 18.4. The van der Waals surface area contributed by atoms with E-state index in [1.54, 1.807) is 6.07 Å². The third-order valence-electron chi connectivity index (χ3n) is 2.63. The molecule has 0 radical (unpaired) electrons. The molecule has 1 aliphatic rings. The van der Waals surface area contributed by atoms with E-state index in [4.69, 9.17) is 0 Å². The van der Waals surface area contributed by atoms with Crippen LogP contribution >= 0.6 is 15.9 Å². The molecule has 14 heavy (non-hydrogen) atoms. The van der Waals surface area contributed by atoms with Crippen molar-refractivity contribution in [1.29, 1.82) is 0 Å². The zero-order valence-electron chi connectivity index (χ0n) is 8.03. The number of carbonyl (C=O) groups excluding carboxylic acids is 1. The molecule has 74 valence electrons. The van der Waals surface area contributed by atoms with Gasteiger partial charge in [-0.15, -0.1) is 0 Å². The first kappa shape index (κ1) is 9.84. The minimum atomic E-state index is -0.364. The maximum atomic E-state index is 13.6. The summed E-state index contributed by atoms with van der Waals surface area (Å²) in [5.74, 6) is -0.254. The molecule has 0 spiro atoms. The maximum absolute atomic E-state index is 13.6. The summed E-state index contributed by atoms with van der Waals surface area (Å²) in [6, 6.07) is 3.12. The lowest BCUT2D eigenvalue weighted by atomic mass is 9.86. The second kappa shape index (κ2) is 2.89. The van der Waals surface area contributed by atoms with Gasteiger partial charge in [0.05, 0.1) is 0 Å². The topological polar surface area (TPSA) is 17.1 Å². The summed E-state index contributed by atoms with van der Waals surface area (Å²) in [7, 11) is 0. The molecular weight excluding hydrogens is 247 g/mol. The Bertz CT molecular complexity index is 424. The summed E-state index contributed by atoms with van der Waals surface area (Å²) >= 11 is 3.19. The summed E-state index contributed by atoms with van der Waals surface area (Å²) in [6.07, 6.45) is 0.399. The molecule has 3 heteroatoms. The van der Waals surface area contributed by atoms with Crippen molar-refractivity contribution < 1.29 is 9.18 Å². The molecule has 1 aliphatic carbocycles. The lowest BCUT2D eigenvalue weighted by Crippen LogP contribution is -2.14. The lowest BCUT2D eigenvalue weighted by Gasteiger charge is -2.18. The molecule has 0 heterocycles. The molecule has 0 aromatic heterocycles. The first-order valence-corrected chi connectivity index (χ1v) is 5.24. The minimum absolute atomic E-state index is 0.0326. The van der Waals surface area contributed by atoms with Crippen molar-refractivity contribution >= 4 is 21.7 Å². The molecule has 0 aliphatic heterocycles. The summed E-state index contributed by atoms with van der Waals surface area (Å²) in [6.45, 7) is 3.79. The number of Topliss-reactive ketones (excluding diaryl/α,β-unsaturated/α-hetero) is 1. The molecule has 0 saturated carbocycles. The third kappa shape index (κ3) is 1.31. The van der Waals surface area contributed by atoms with Crippen molar-refractivity contribution in [2.75, 3.05) is 0 Å². The number of hydrogen-bond donors (Lipinski definition) is 0. The minimum Gasteiger partial charge on any atom is -0.294 e. The zero-order valence-corrected chi connectivity index (χ0v) is 9.61. The van der Waals surface area contributed by atoms with Crippen molar-refractivity contribution in [3.8, 4) is 0 Å². The van der Waals surface area contributed by atoms with Gasteiger partial charge in [-0.25, -0.2) is 4.39 Å². The van der Waals surface area contributed by atoms with E-state index in [2.05, 4.69) is 15.9 Å². The van der Waals surface area contributed by atoms with Gasteiger partial charge in [-0.3, -0.25) is 4.79 Å². The molecule has 1 aromatic rings. The molecule has 0 bridgehead atoms. The van der Waals surface area contributed by atoms with Crippen LogP contribution in [0.5, 0.6) is 0 Å². The number of ketones is 1. The number of hydrogen-bond acceptors (Lipinski definition) is 1. The van der Waals surface area contributed by atoms with E-state index < -0.39 is 0 Å². The highest BCUT2D eigenvalue weighted by atomic mass is 79.9. The van der Waals surface area contributed by atoms with Gasteiger partial charge >= 0.3 is 0 Å². The van der Waals surface area contributed by atoms with E-state index in [0.29, 0.717) is 22.0 Å². The van der Waals surface area contributed by atoms with Gasteiger partial charge in [0.2, 0.25) is 0 Å². The van der Waals surface area contributed by atoms with Crippen molar-refractivity contribution in [3.63, 3.8) is 0 Å². The van der Waals surface area contributed by atoms with Crippen LogP contribution in [-0.4, -0.2) is 5.78 Å². The molecule has 0 fully saturated rings. The Kier molecular flexibility index (Phi) is 2.03. The van der Waals surface area contributed by atoms with Crippen molar-refractivity contribution in [3.05, 3.63) is 33.5 Å². The van der Waals surface area contributed by atoms with Gasteiger partial charge in [0.1, 0.15) is 5.82 Å². The maximum Gasteiger partial charge on any atom is 0.164 e. The fraction of sp³-hybridized carbons (Fsp3) is 0.364. The molecule has 0 N–H and O–H groups in total. The Morgan fingerprint density at radius 3 is 2.71 bits per heavy atom. The predicted molar refractivity (Wildman–Crippen MR) is 56.1 cm³/mol.